The van der Waals surface area contributed by atoms with Crippen LogP contribution in [0.1, 0.15) is 31.0 Å². The van der Waals surface area contributed by atoms with Gasteiger partial charge < -0.3 is 4.90 Å². The molecule has 1 amide bonds. The molecule has 1 aromatic carbocycles. The van der Waals surface area contributed by atoms with Gasteiger partial charge in [-0.1, -0.05) is 12.1 Å². The van der Waals surface area contributed by atoms with E-state index in [1.165, 1.54) is 11.0 Å². The van der Waals surface area contributed by atoms with Gasteiger partial charge in [0.25, 0.3) is 0 Å². The molecule has 1 N–H and O–H groups in total. The number of hydrogen-bond donors (Lipinski definition) is 1. The summed E-state index contributed by atoms with van der Waals surface area (Å²) in [6, 6.07) is 4.30. The normalized spacial score (nSPS) is 14.8. The quantitative estimate of drug-likeness (QED) is 0.924. The number of alkyl halides is 3. The van der Waals surface area contributed by atoms with Gasteiger partial charge in [-0.25, -0.2) is 0 Å². The van der Waals surface area contributed by atoms with Gasteiger partial charge in [0.2, 0.25) is 5.91 Å². The second kappa shape index (κ2) is 6.26. The van der Waals surface area contributed by atoms with Crippen molar-refractivity contribution in [3.8, 4) is 0 Å². The molecule has 0 spiro atoms. The smallest absolute Gasteiger partial charge is 0.347 e. The monoisotopic (exact) mass is 288 g/mol. The van der Waals surface area contributed by atoms with Gasteiger partial charge in [-0.05, 0) is 31.5 Å². The minimum atomic E-state index is -4.36. The molecule has 2 unspecified atom stereocenters. The van der Waals surface area contributed by atoms with Gasteiger partial charge in [0.15, 0.2) is 0 Å². The van der Waals surface area contributed by atoms with Crippen LogP contribution in [0.2, 0.25) is 0 Å². The lowest BCUT2D eigenvalue weighted by molar-refractivity contribution is -0.137. The van der Waals surface area contributed by atoms with Gasteiger partial charge in [-0.15, -0.1) is 0 Å². The minimum absolute atomic E-state index is 0.121. The van der Waals surface area contributed by atoms with E-state index < -0.39 is 17.8 Å². The van der Waals surface area contributed by atoms with E-state index in [0.29, 0.717) is 5.56 Å². The number of nitrogens with one attached hydrogen (secondary N) is 1. The van der Waals surface area contributed by atoms with Crippen LogP contribution < -0.4 is 5.32 Å². The van der Waals surface area contributed by atoms with E-state index in [-0.39, 0.29) is 11.9 Å². The van der Waals surface area contributed by atoms with Gasteiger partial charge in [0.05, 0.1) is 11.6 Å². The van der Waals surface area contributed by atoms with Crippen LogP contribution >= 0.6 is 0 Å². The van der Waals surface area contributed by atoms with E-state index in [9.17, 15) is 18.0 Å². The van der Waals surface area contributed by atoms with Crippen molar-refractivity contribution >= 4 is 5.91 Å². The molecule has 0 aromatic heterocycles. The molecule has 0 aliphatic rings. The maximum atomic E-state index is 12.6. The summed E-state index contributed by atoms with van der Waals surface area (Å²) in [5, 5.41) is 3.00. The van der Waals surface area contributed by atoms with Crippen LogP contribution in [-0.2, 0) is 11.0 Å². The molecule has 3 nitrogen and oxygen atoms in total. The maximum absolute atomic E-state index is 12.6. The fourth-order valence-electron chi connectivity index (χ4n) is 1.91. The predicted molar refractivity (Wildman–Crippen MR) is 71.2 cm³/mol. The summed E-state index contributed by atoms with van der Waals surface area (Å²) in [4.78, 5) is 13.2. The highest BCUT2D eigenvalue weighted by Crippen LogP contribution is 2.30. The van der Waals surface area contributed by atoms with Crippen molar-refractivity contribution in [1.29, 1.82) is 0 Å². The Balaban J connectivity index is 2.83. The number of carbonyl (C=O) groups excluding carboxylic acids is 1. The van der Waals surface area contributed by atoms with Crippen molar-refractivity contribution < 1.29 is 18.0 Å². The highest BCUT2D eigenvalue weighted by molar-refractivity contribution is 5.80. The molecule has 0 saturated carbocycles. The Morgan fingerprint density at radius 2 is 1.85 bits per heavy atom. The summed E-state index contributed by atoms with van der Waals surface area (Å²) < 4.78 is 37.9. The van der Waals surface area contributed by atoms with E-state index >= 15 is 0 Å². The largest absolute Gasteiger partial charge is 0.416 e. The van der Waals surface area contributed by atoms with Crippen LogP contribution in [0.25, 0.3) is 0 Å². The first kappa shape index (κ1) is 16.5. The summed E-state index contributed by atoms with van der Waals surface area (Å²) in [5.41, 5.74) is -0.187. The van der Waals surface area contributed by atoms with Crippen LogP contribution in [0.15, 0.2) is 24.3 Å². The molecule has 0 radical (unpaired) electrons. The van der Waals surface area contributed by atoms with Crippen LogP contribution in [-0.4, -0.2) is 30.9 Å². The lowest BCUT2D eigenvalue weighted by Gasteiger charge is -2.23. The van der Waals surface area contributed by atoms with E-state index in [1.807, 2.05) is 0 Å². The minimum Gasteiger partial charge on any atom is -0.347 e. The van der Waals surface area contributed by atoms with Crippen molar-refractivity contribution in [2.24, 2.45) is 0 Å². The molecule has 0 bridgehead atoms. The first-order valence-electron chi connectivity index (χ1n) is 6.27. The number of nitrogens with zero attached hydrogens (tertiary/aromatic N) is 1. The van der Waals surface area contributed by atoms with E-state index in [2.05, 4.69) is 5.32 Å². The molecular formula is C14H19F3N2O. The summed E-state index contributed by atoms with van der Waals surface area (Å²) in [6.07, 6.45) is -4.36. The summed E-state index contributed by atoms with van der Waals surface area (Å²) in [6.45, 7) is 3.42. The zero-order valence-electron chi connectivity index (χ0n) is 12.0. The molecule has 0 aliphatic heterocycles. The second-order valence-electron chi connectivity index (χ2n) is 4.97. The highest BCUT2D eigenvalue weighted by atomic mass is 19.4. The molecule has 112 valence electrons. The lowest BCUT2D eigenvalue weighted by atomic mass is 10.0. The molecule has 6 heteroatoms. The molecular weight excluding hydrogens is 269 g/mol. The highest BCUT2D eigenvalue weighted by Gasteiger charge is 2.30. The van der Waals surface area contributed by atoms with Crippen LogP contribution in [0, 0.1) is 0 Å². The van der Waals surface area contributed by atoms with Gasteiger partial charge >= 0.3 is 6.18 Å². The third-order valence-corrected chi connectivity index (χ3v) is 3.03. The SMILES string of the molecule is CC(NC(C)c1cccc(C(F)(F)F)c1)C(=O)N(C)C. The first-order valence-corrected chi connectivity index (χ1v) is 6.27. The summed E-state index contributed by atoms with van der Waals surface area (Å²) in [7, 11) is 3.27. The van der Waals surface area contributed by atoms with Crippen molar-refractivity contribution in [2.45, 2.75) is 32.1 Å². The average Bonchev–Trinajstić information content (AvgIpc) is 2.36. The molecule has 2 atom stereocenters. The predicted octanol–water partition coefficient (Wildman–Crippen LogP) is 2.83. The Labute approximate surface area is 116 Å². The van der Waals surface area contributed by atoms with Crippen LogP contribution in [0.4, 0.5) is 13.2 Å². The first-order chi connectivity index (χ1) is 9.12. The summed E-state index contributed by atoms with van der Waals surface area (Å²) >= 11 is 0. The number of rotatable bonds is 4. The second-order valence-corrected chi connectivity index (χ2v) is 4.97. The zero-order chi connectivity index (χ0) is 15.5. The van der Waals surface area contributed by atoms with Gasteiger partial charge in [-0.3, -0.25) is 10.1 Å². The number of likely N-dealkylation sites (N-methyl/N-ethyl adjacent to an activating group) is 1. The Morgan fingerprint density at radius 1 is 1.25 bits per heavy atom. The fraction of sp³-hybridized carbons (Fsp3) is 0.500. The van der Waals surface area contributed by atoms with Crippen molar-refractivity contribution in [3.63, 3.8) is 0 Å². The third-order valence-electron chi connectivity index (χ3n) is 3.03. The third kappa shape index (κ3) is 4.23. The zero-order valence-corrected chi connectivity index (χ0v) is 12.0. The Hall–Kier alpha value is -1.56. The molecule has 1 rings (SSSR count). The molecule has 0 heterocycles. The number of carbonyl (C=O) groups is 1. The molecule has 20 heavy (non-hydrogen) atoms. The van der Waals surface area contributed by atoms with E-state index in [1.54, 1.807) is 34.0 Å². The Kier molecular flexibility index (Phi) is 5.16. The molecule has 0 fully saturated rings. The molecule has 0 saturated heterocycles. The van der Waals surface area contributed by atoms with Crippen molar-refractivity contribution in [3.05, 3.63) is 35.4 Å². The van der Waals surface area contributed by atoms with Gasteiger partial charge in [0, 0.05) is 20.1 Å². The van der Waals surface area contributed by atoms with Crippen LogP contribution in [0.5, 0.6) is 0 Å². The summed E-state index contributed by atoms with van der Waals surface area (Å²) in [5.74, 6) is -0.121. The maximum Gasteiger partial charge on any atom is 0.416 e. The van der Waals surface area contributed by atoms with Crippen LogP contribution in [0.3, 0.4) is 0 Å². The lowest BCUT2D eigenvalue weighted by Crippen LogP contribution is -2.42. The van der Waals surface area contributed by atoms with Gasteiger partial charge in [0.1, 0.15) is 0 Å². The van der Waals surface area contributed by atoms with Crippen molar-refractivity contribution in [1.82, 2.24) is 10.2 Å². The number of hydrogen-bond acceptors (Lipinski definition) is 2. The topological polar surface area (TPSA) is 32.3 Å². The van der Waals surface area contributed by atoms with Crippen molar-refractivity contribution in [2.75, 3.05) is 14.1 Å². The number of amides is 1. The number of benzene rings is 1. The standard InChI is InChI=1S/C14H19F3N2O/c1-9(18-10(2)13(20)19(3)4)11-6-5-7-12(8-11)14(15,16)17/h5-10,18H,1-4H3. The average molecular weight is 288 g/mol. The van der Waals surface area contributed by atoms with E-state index in [0.717, 1.165) is 12.1 Å². The Bertz CT molecular complexity index is 472. The Morgan fingerprint density at radius 3 is 2.35 bits per heavy atom. The number of halogens is 3. The molecule has 1 aromatic rings. The van der Waals surface area contributed by atoms with E-state index in [4.69, 9.17) is 0 Å². The molecule has 0 aliphatic carbocycles. The fourth-order valence-corrected chi connectivity index (χ4v) is 1.91. The van der Waals surface area contributed by atoms with Gasteiger partial charge in [-0.2, -0.15) is 13.2 Å².